The first-order valence-corrected chi connectivity index (χ1v) is 6.18. The van der Waals surface area contributed by atoms with Crippen LogP contribution in [0, 0.1) is 0 Å². The van der Waals surface area contributed by atoms with Gasteiger partial charge in [-0.05, 0) is 25.3 Å². The van der Waals surface area contributed by atoms with Crippen molar-refractivity contribution in [2.24, 2.45) is 0 Å². The van der Waals surface area contributed by atoms with Crippen molar-refractivity contribution >= 4 is 0 Å². The van der Waals surface area contributed by atoms with Crippen LogP contribution in [-0.4, -0.2) is 16.7 Å². The Balaban J connectivity index is 1.90. The average molecular weight is 219 g/mol. The summed E-state index contributed by atoms with van der Waals surface area (Å²) in [7, 11) is 0. The summed E-state index contributed by atoms with van der Waals surface area (Å²) in [4.78, 5) is 0. The molecule has 0 unspecified atom stereocenters. The number of hydrogen-bond acceptors (Lipinski definition) is 2. The van der Waals surface area contributed by atoms with Crippen molar-refractivity contribution < 1.29 is 5.11 Å². The standard InChI is InChI=1S/C14H21NO/c1-14(16)10-6-5-9-13(14)15-11-12-7-3-2-4-8-12/h2-4,7-8,13,15-16H,5-6,9-11H2,1H3/t13-,14+/m1/s1. The molecule has 1 aromatic rings. The highest BCUT2D eigenvalue weighted by atomic mass is 16.3. The predicted octanol–water partition coefficient (Wildman–Crippen LogP) is 2.47. The number of benzene rings is 1. The van der Waals surface area contributed by atoms with Crippen LogP contribution in [0.2, 0.25) is 0 Å². The number of aliphatic hydroxyl groups is 1. The Morgan fingerprint density at radius 3 is 2.75 bits per heavy atom. The van der Waals surface area contributed by atoms with Crippen LogP contribution in [0.25, 0.3) is 0 Å². The summed E-state index contributed by atoms with van der Waals surface area (Å²) in [5.41, 5.74) is 0.747. The summed E-state index contributed by atoms with van der Waals surface area (Å²) in [6, 6.07) is 10.6. The molecule has 1 aliphatic carbocycles. The molecule has 0 aliphatic heterocycles. The van der Waals surface area contributed by atoms with Gasteiger partial charge in [-0.3, -0.25) is 0 Å². The van der Waals surface area contributed by atoms with Crippen molar-refractivity contribution in [2.45, 2.75) is 50.8 Å². The van der Waals surface area contributed by atoms with Crippen LogP contribution in [0.3, 0.4) is 0 Å². The SMILES string of the molecule is C[C@]1(O)CCCC[C@H]1NCc1ccccc1. The van der Waals surface area contributed by atoms with E-state index >= 15 is 0 Å². The van der Waals surface area contributed by atoms with Crippen LogP contribution in [0.5, 0.6) is 0 Å². The summed E-state index contributed by atoms with van der Waals surface area (Å²) < 4.78 is 0. The molecule has 0 radical (unpaired) electrons. The maximum Gasteiger partial charge on any atom is 0.0772 e. The second-order valence-corrected chi connectivity index (χ2v) is 5.02. The Hall–Kier alpha value is -0.860. The largest absolute Gasteiger partial charge is 0.389 e. The van der Waals surface area contributed by atoms with Crippen molar-refractivity contribution in [1.29, 1.82) is 0 Å². The van der Waals surface area contributed by atoms with Crippen LogP contribution in [0.15, 0.2) is 30.3 Å². The van der Waals surface area contributed by atoms with E-state index in [-0.39, 0.29) is 6.04 Å². The predicted molar refractivity (Wildman–Crippen MR) is 66.2 cm³/mol. The lowest BCUT2D eigenvalue weighted by molar-refractivity contribution is -0.0105. The number of rotatable bonds is 3. The van der Waals surface area contributed by atoms with Gasteiger partial charge < -0.3 is 10.4 Å². The van der Waals surface area contributed by atoms with Crippen molar-refractivity contribution in [3.8, 4) is 0 Å². The highest BCUT2D eigenvalue weighted by molar-refractivity contribution is 5.14. The van der Waals surface area contributed by atoms with Crippen molar-refractivity contribution in [2.75, 3.05) is 0 Å². The van der Waals surface area contributed by atoms with E-state index in [1.165, 1.54) is 12.0 Å². The molecule has 1 saturated carbocycles. The zero-order valence-electron chi connectivity index (χ0n) is 9.95. The molecule has 2 heteroatoms. The van der Waals surface area contributed by atoms with Gasteiger partial charge >= 0.3 is 0 Å². The fourth-order valence-electron chi connectivity index (χ4n) is 2.48. The van der Waals surface area contributed by atoms with Crippen molar-refractivity contribution in [3.05, 3.63) is 35.9 Å². The lowest BCUT2D eigenvalue weighted by Gasteiger charge is -2.37. The average Bonchev–Trinajstić information content (AvgIpc) is 2.28. The maximum absolute atomic E-state index is 10.2. The van der Waals surface area contributed by atoms with Gasteiger partial charge in [-0.15, -0.1) is 0 Å². The lowest BCUT2D eigenvalue weighted by Crippen LogP contribution is -2.50. The molecule has 0 bridgehead atoms. The lowest BCUT2D eigenvalue weighted by atomic mass is 9.82. The smallest absolute Gasteiger partial charge is 0.0772 e. The summed E-state index contributed by atoms with van der Waals surface area (Å²) in [6.07, 6.45) is 4.37. The Morgan fingerprint density at radius 2 is 2.06 bits per heavy atom. The second-order valence-electron chi connectivity index (χ2n) is 5.02. The normalized spacial score (nSPS) is 30.2. The second kappa shape index (κ2) is 4.98. The van der Waals surface area contributed by atoms with Crippen LogP contribution < -0.4 is 5.32 Å². The molecule has 16 heavy (non-hydrogen) atoms. The van der Waals surface area contributed by atoms with E-state index in [0.717, 1.165) is 25.8 Å². The minimum absolute atomic E-state index is 0.237. The van der Waals surface area contributed by atoms with Gasteiger partial charge in [0.05, 0.1) is 5.60 Å². The monoisotopic (exact) mass is 219 g/mol. The van der Waals surface area contributed by atoms with E-state index in [1.807, 2.05) is 13.0 Å². The van der Waals surface area contributed by atoms with Crippen LogP contribution in [0.1, 0.15) is 38.2 Å². The summed E-state index contributed by atoms with van der Waals surface area (Å²) >= 11 is 0. The molecule has 0 aromatic heterocycles. The molecule has 2 nitrogen and oxygen atoms in total. The molecule has 0 spiro atoms. The zero-order valence-corrected chi connectivity index (χ0v) is 9.95. The minimum Gasteiger partial charge on any atom is -0.389 e. The van der Waals surface area contributed by atoms with Gasteiger partial charge in [-0.1, -0.05) is 43.2 Å². The molecular weight excluding hydrogens is 198 g/mol. The molecule has 2 atom stereocenters. The van der Waals surface area contributed by atoms with Crippen molar-refractivity contribution in [1.82, 2.24) is 5.32 Å². The van der Waals surface area contributed by atoms with Gasteiger partial charge in [0.25, 0.3) is 0 Å². The molecular formula is C14H21NO. The topological polar surface area (TPSA) is 32.3 Å². The van der Waals surface area contributed by atoms with E-state index in [4.69, 9.17) is 0 Å². The third kappa shape index (κ3) is 2.83. The molecule has 2 rings (SSSR count). The van der Waals surface area contributed by atoms with Gasteiger partial charge in [0.15, 0.2) is 0 Å². The van der Waals surface area contributed by atoms with Gasteiger partial charge in [0.2, 0.25) is 0 Å². The highest BCUT2D eigenvalue weighted by Crippen LogP contribution is 2.28. The molecule has 0 amide bonds. The van der Waals surface area contributed by atoms with Crippen molar-refractivity contribution in [3.63, 3.8) is 0 Å². The number of nitrogens with one attached hydrogen (secondary N) is 1. The first-order valence-electron chi connectivity index (χ1n) is 6.18. The molecule has 0 saturated heterocycles. The van der Waals surface area contributed by atoms with Gasteiger partial charge in [0.1, 0.15) is 0 Å². The zero-order chi connectivity index (χ0) is 11.4. The van der Waals surface area contributed by atoms with Gasteiger partial charge in [-0.25, -0.2) is 0 Å². The Kier molecular flexibility index (Phi) is 3.62. The van der Waals surface area contributed by atoms with E-state index < -0.39 is 5.60 Å². The first-order chi connectivity index (χ1) is 7.68. The summed E-state index contributed by atoms with van der Waals surface area (Å²) in [5.74, 6) is 0. The van der Waals surface area contributed by atoms with Gasteiger partial charge in [0, 0.05) is 12.6 Å². The Labute approximate surface area is 97.7 Å². The third-order valence-corrected chi connectivity index (χ3v) is 3.57. The van der Waals surface area contributed by atoms with Gasteiger partial charge in [-0.2, -0.15) is 0 Å². The highest BCUT2D eigenvalue weighted by Gasteiger charge is 2.33. The molecule has 1 aliphatic rings. The quantitative estimate of drug-likeness (QED) is 0.818. The Bertz CT molecular complexity index is 321. The van der Waals surface area contributed by atoms with Crippen LogP contribution in [-0.2, 0) is 6.54 Å². The summed E-state index contributed by atoms with van der Waals surface area (Å²) in [6.45, 7) is 2.80. The molecule has 0 heterocycles. The van der Waals surface area contributed by atoms with Crippen LogP contribution in [0.4, 0.5) is 0 Å². The molecule has 2 N–H and O–H groups in total. The van der Waals surface area contributed by atoms with E-state index in [9.17, 15) is 5.11 Å². The maximum atomic E-state index is 10.2. The van der Waals surface area contributed by atoms with E-state index in [1.54, 1.807) is 0 Å². The summed E-state index contributed by atoms with van der Waals surface area (Å²) in [5, 5.41) is 13.7. The van der Waals surface area contributed by atoms with E-state index in [2.05, 4.69) is 29.6 Å². The molecule has 1 aromatic carbocycles. The molecule has 1 fully saturated rings. The van der Waals surface area contributed by atoms with Crippen LogP contribution >= 0.6 is 0 Å². The molecule has 88 valence electrons. The number of hydrogen-bond donors (Lipinski definition) is 2. The van der Waals surface area contributed by atoms with E-state index in [0.29, 0.717) is 0 Å². The minimum atomic E-state index is -0.535. The fourth-order valence-corrected chi connectivity index (χ4v) is 2.48. The first kappa shape index (κ1) is 11.6. The third-order valence-electron chi connectivity index (χ3n) is 3.57. The Morgan fingerprint density at radius 1 is 1.31 bits per heavy atom. The fraction of sp³-hybridized carbons (Fsp3) is 0.571.